The van der Waals surface area contributed by atoms with E-state index >= 15 is 0 Å². The molecular weight excluding hydrogens is 206 g/mol. The summed E-state index contributed by atoms with van der Waals surface area (Å²) in [7, 11) is 0. The van der Waals surface area contributed by atoms with Crippen LogP contribution in [0.3, 0.4) is 0 Å². The third-order valence-corrected chi connectivity index (χ3v) is 3.21. The number of hydrogen-bond donors (Lipinski definition) is 1. The van der Waals surface area contributed by atoms with Crippen LogP contribution in [0.15, 0.2) is 60.8 Å². The fourth-order valence-electron chi connectivity index (χ4n) is 2.29. The molecule has 0 bridgehead atoms. The average Bonchev–Trinajstić information content (AvgIpc) is 2.86. The predicted molar refractivity (Wildman–Crippen MR) is 72.1 cm³/mol. The molecule has 0 saturated heterocycles. The summed E-state index contributed by atoms with van der Waals surface area (Å²) in [6.07, 6.45) is 4.21. The Kier molecular flexibility index (Phi) is 2.66. The Morgan fingerprint density at radius 2 is 1.65 bits per heavy atom. The molecule has 0 amide bonds. The third kappa shape index (κ3) is 2.09. The third-order valence-electron chi connectivity index (χ3n) is 3.21. The second kappa shape index (κ2) is 4.46. The first kappa shape index (κ1) is 10.2. The van der Waals surface area contributed by atoms with Gasteiger partial charge in [-0.2, -0.15) is 0 Å². The zero-order valence-electron chi connectivity index (χ0n) is 9.69. The van der Waals surface area contributed by atoms with Gasteiger partial charge >= 0.3 is 0 Å². The topological polar surface area (TPSA) is 15.8 Å². The molecule has 1 N–H and O–H groups in total. The first-order valence-electron chi connectivity index (χ1n) is 6.02. The van der Waals surface area contributed by atoms with Crippen LogP contribution in [0.1, 0.15) is 11.1 Å². The molecule has 1 nitrogen and oxygen atoms in total. The molecule has 0 unspecified atom stereocenters. The first-order chi connectivity index (χ1) is 8.43. The monoisotopic (exact) mass is 221 g/mol. The van der Waals surface area contributed by atoms with Crippen molar-refractivity contribution in [3.8, 4) is 0 Å². The molecule has 17 heavy (non-hydrogen) atoms. The molecule has 0 aliphatic carbocycles. The maximum absolute atomic E-state index is 3.26. The van der Waals surface area contributed by atoms with Crippen molar-refractivity contribution in [2.75, 3.05) is 0 Å². The predicted octanol–water partition coefficient (Wildman–Crippen LogP) is 3.95. The normalized spacial score (nSPS) is 10.8. The van der Waals surface area contributed by atoms with Crippen molar-refractivity contribution in [3.05, 3.63) is 71.9 Å². The minimum absolute atomic E-state index is 1.10. The number of aryl methyl sites for hydroxylation is 2. The Labute approximate surface area is 101 Å². The number of benzene rings is 2. The van der Waals surface area contributed by atoms with E-state index in [4.69, 9.17) is 0 Å². The van der Waals surface area contributed by atoms with Gasteiger partial charge in [0.25, 0.3) is 0 Å². The van der Waals surface area contributed by atoms with Gasteiger partial charge in [-0.3, -0.25) is 0 Å². The van der Waals surface area contributed by atoms with Crippen LogP contribution in [0.4, 0.5) is 0 Å². The van der Waals surface area contributed by atoms with E-state index in [1.165, 1.54) is 22.0 Å². The molecule has 3 rings (SSSR count). The van der Waals surface area contributed by atoms with Gasteiger partial charge in [0, 0.05) is 17.1 Å². The zero-order chi connectivity index (χ0) is 11.5. The fourth-order valence-corrected chi connectivity index (χ4v) is 2.29. The molecule has 1 heteroatoms. The minimum atomic E-state index is 1.10. The number of hydrogen-bond acceptors (Lipinski definition) is 0. The van der Waals surface area contributed by atoms with Gasteiger partial charge in [-0.25, -0.2) is 0 Å². The van der Waals surface area contributed by atoms with Crippen LogP contribution >= 0.6 is 0 Å². The highest BCUT2D eigenvalue weighted by Crippen LogP contribution is 2.19. The summed E-state index contributed by atoms with van der Waals surface area (Å²) in [5.41, 5.74) is 4.06. The van der Waals surface area contributed by atoms with E-state index in [1.54, 1.807) is 0 Å². The van der Waals surface area contributed by atoms with Crippen LogP contribution in [0.2, 0.25) is 0 Å². The number of H-pyrrole nitrogens is 1. The number of rotatable bonds is 3. The Morgan fingerprint density at radius 3 is 2.53 bits per heavy atom. The van der Waals surface area contributed by atoms with Gasteiger partial charge in [0.05, 0.1) is 0 Å². The Morgan fingerprint density at radius 1 is 0.765 bits per heavy atom. The zero-order valence-corrected chi connectivity index (χ0v) is 9.69. The smallest absolute Gasteiger partial charge is 0.0456 e. The molecule has 0 fully saturated rings. The van der Waals surface area contributed by atoms with E-state index in [0.717, 1.165) is 12.8 Å². The standard InChI is InChI=1S/C16H15N/c1-2-5-13(6-3-1)9-10-14-7-4-8-16-15(14)11-12-17-16/h1-8,11-12,17H,9-10H2. The SMILES string of the molecule is c1ccc(CCc2cccc3[nH]ccc23)cc1. The van der Waals surface area contributed by atoms with Crippen LogP contribution < -0.4 is 0 Å². The van der Waals surface area contributed by atoms with Gasteiger partial charge in [0.2, 0.25) is 0 Å². The van der Waals surface area contributed by atoms with Crippen molar-refractivity contribution in [2.24, 2.45) is 0 Å². The Balaban J connectivity index is 1.84. The molecule has 1 heterocycles. The van der Waals surface area contributed by atoms with E-state index in [0.29, 0.717) is 0 Å². The second-order valence-electron chi connectivity index (χ2n) is 4.34. The van der Waals surface area contributed by atoms with Crippen molar-refractivity contribution in [2.45, 2.75) is 12.8 Å². The quantitative estimate of drug-likeness (QED) is 0.689. The van der Waals surface area contributed by atoms with Crippen LogP contribution in [0.25, 0.3) is 10.9 Å². The summed E-state index contributed by atoms with van der Waals surface area (Å²) in [5.74, 6) is 0. The summed E-state index contributed by atoms with van der Waals surface area (Å²) in [6, 6.07) is 19.3. The summed E-state index contributed by atoms with van der Waals surface area (Å²) >= 11 is 0. The molecule has 84 valence electrons. The number of fused-ring (bicyclic) bond motifs is 1. The van der Waals surface area contributed by atoms with Crippen LogP contribution in [0.5, 0.6) is 0 Å². The fraction of sp³-hybridized carbons (Fsp3) is 0.125. The number of nitrogens with one attached hydrogen (secondary N) is 1. The molecule has 2 aromatic carbocycles. The van der Waals surface area contributed by atoms with Crippen molar-refractivity contribution < 1.29 is 0 Å². The molecule has 0 spiro atoms. The van der Waals surface area contributed by atoms with Crippen LogP contribution in [0, 0.1) is 0 Å². The van der Waals surface area contributed by atoms with E-state index < -0.39 is 0 Å². The largest absolute Gasteiger partial charge is 0.361 e. The lowest BCUT2D eigenvalue weighted by atomic mass is 10.0. The molecule has 0 atom stereocenters. The van der Waals surface area contributed by atoms with Gasteiger partial charge in [-0.1, -0.05) is 42.5 Å². The first-order valence-corrected chi connectivity index (χ1v) is 6.02. The average molecular weight is 221 g/mol. The molecule has 1 aromatic heterocycles. The van der Waals surface area contributed by atoms with E-state index in [9.17, 15) is 0 Å². The molecule has 3 aromatic rings. The Hall–Kier alpha value is -2.02. The highest BCUT2D eigenvalue weighted by Gasteiger charge is 2.01. The van der Waals surface area contributed by atoms with Gasteiger partial charge in [0.15, 0.2) is 0 Å². The lowest BCUT2D eigenvalue weighted by molar-refractivity contribution is 0.969. The second-order valence-corrected chi connectivity index (χ2v) is 4.34. The maximum Gasteiger partial charge on any atom is 0.0456 e. The maximum atomic E-state index is 3.26. The van der Waals surface area contributed by atoms with Gasteiger partial charge in [-0.15, -0.1) is 0 Å². The molecule has 0 aliphatic heterocycles. The molecular formula is C16H15N. The lowest BCUT2D eigenvalue weighted by Crippen LogP contribution is -1.91. The lowest BCUT2D eigenvalue weighted by Gasteiger charge is -2.03. The minimum Gasteiger partial charge on any atom is -0.361 e. The summed E-state index contributed by atoms with van der Waals surface area (Å²) in [5, 5.41) is 1.35. The Bertz CT molecular complexity index is 608. The molecule has 0 saturated carbocycles. The van der Waals surface area contributed by atoms with Crippen LogP contribution in [-0.2, 0) is 12.8 Å². The van der Waals surface area contributed by atoms with Crippen LogP contribution in [-0.4, -0.2) is 4.98 Å². The van der Waals surface area contributed by atoms with Gasteiger partial charge in [-0.05, 0) is 36.1 Å². The number of aromatic amines is 1. The van der Waals surface area contributed by atoms with Crippen molar-refractivity contribution in [1.82, 2.24) is 4.98 Å². The summed E-state index contributed by atoms with van der Waals surface area (Å²) in [6.45, 7) is 0. The molecule has 0 aliphatic rings. The van der Waals surface area contributed by atoms with Crippen molar-refractivity contribution >= 4 is 10.9 Å². The van der Waals surface area contributed by atoms with Crippen molar-refractivity contribution in [3.63, 3.8) is 0 Å². The highest BCUT2D eigenvalue weighted by atomic mass is 14.7. The van der Waals surface area contributed by atoms with Gasteiger partial charge in [0.1, 0.15) is 0 Å². The van der Waals surface area contributed by atoms with E-state index in [-0.39, 0.29) is 0 Å². The molecule has 0 radical (unpaired) electrons. The summed E-state index contributed by atoms with van der Waals surface area (Å²) < 4.78 is 0. The van der Waals surface area contributed by atoms with Crippen molar-refractivity contribution in [1.29, 1.82) is 0 Å². The van der Waals surface area contributed by atoms with E-state index in [2.05, 4.69) is 59.6 Å². The van der Waals surface area contributed by atoms with E-state index in [1.807, 2.05) is 6.20 Å². The van der Waals surface area contributed by atoms with Gasteiger partial charge < -0.3 is 4.98 Å². The number of aromatic nitrogens is 1. The highest BCUT2D eigenvalue weighted by molar-refractivity contribution is 5.82. The summed E-state index contributed by atoms with van der Waals surface area (Å²) in [4.78, 5) is 3.26.